The summed E-state index contributed by atoms with van der Waals surface area (Å²) < 4.78 is 11.8. The third-order valence-corrected chi connectivity index (χ3v) is 3.70. The highest BCUT2D eigenvalue weighted by Crippen LogP contribution is 2.36. The maximum atomic E-state index is 6.08. The average molecular weight is 255 g/mol. The molecule has 1 fully saturated rings. The Balaban J connectivity index is 2.32. The lowest BCUT2D eigenvalue weighted by molar-refractivity contribution is 0.00578. The number of hydrogen-bond acceptors (Lipinski definition) is 4. The summed E-state index contributed by atoms with van der Waals surface area (Å²) in [7, 11) is -0.506. The largest absolute Gasteiger partial charge is 0.499 e. The molecule has 0 radical (unpaired) electrons. The van der Waals surface area contributed by atoms with Gasteiger partial charge in [0.15, 0.2) is 0 Å². The van der Waals surface area contributed by atoms with E-state index >= 15 is 0 Å². The topological polar surface area (TPSA) is 44.2 Å². The van der Waals surface area contributed by atoms with E-state index in [9.17, 15) is 0 Å². The fourth-order valence-electron chi connectivity index (χ4n) is 1.58. The molecule has 0 spiro atoms. The van der Waals surface area contributed by atoms with Crippen molar-refractivity contribution in [2.45, 2.75) is 45.8 Å². The van der Waals surface area contributed by atoms with Gasteiger partial charge in [-0.25, -0.2) is 9.97 Å². The van der Waals surface area contributed by atoms with Gasteiger partial charge in [0.25, 0.3) is 0 Å². The maximum absolute atomic E-state index is 6.08. The van der Waals surface area contributed by atoms with Gasteiger partial charge in [0, 0.05) is 11.7 Å². The number of halogens is 1. The minimum atomic E-state index is -0.506. The predicted octanol–water partition coefficient (Wildman–Crippen LogP) is 1.74. The lowest BCUT2D eigenvalue weighted by Gasteiger charge is -2.32. The standard InChI is InChI=1S/C11H16BClN2O2/c1-7-14-6-8(9(13)15-7)12-16-10(2,3)11(4,5)17-12/h6H,1-5H3. The molecule has 0 saturated carbocycles. The monoisotopic (exact) mass is 254 g/mol. The quantitative estimate of drug-likeness (QED) is 0.566. The zero-order chi connectivity index (χ0) is 12.8. The fourth-order valence-corrected chi connectivity index (χ4v) is 1.84. The Kier molecular flexibility index (Phi) is 2.96. The summed E-state index contributed by atoms with van der Waals surface area (Å²) in [6.07, 6.45) is 1.66. The van der Waals surface area contributed by atoms with E-state index in [1.165, 1.54) is 0 Å². The van der Waals surface area contributed by atoms with E-state index < -0.39 is 7.12 Å². The Bertz CT molecular complexity index is 435. The van der Waals surface area contributed by atoms with Gasteiger partial charge in [-0.3, -0.25) is 0 Å². The van der Waals surface area contributed by atoms with E-state index in [-0.39, 0.29) is 11.2 Å². The van der Waals surface area contributed by atoms with E-state index in [4.69, 9.17) is 20.9 Å². The van der Waals surface area contributed by atoms with Crippen LogP contribution in [0.1, 0.15) is 33.5 Å². The summed E-state index contributed by atoms with van der Waals surface area (Å²) >= 11 is 6.08. The molecule has 0 amide bonds. The second-order valence-corrected chi connectivity index (χ2v) is 5.61. The van der Waals surface area contributed by atoms with Crippen molar-refractivity contribution in [3.05, 3.63) is 17.2 Å². The van der Waals surface area contributed by atoms with Crippen LogP contribution < -0.4 is 5.46 Å². The molecular weight excluding hydrogens is 238 g/mol. The van der Waals surface area contributed by atoms with Crippen molar-refractivity contribution in [3.8, 4) is 0 Å². The predicted molar refractivity (Wildman–Crippen MR) is 67.5 cm³/mol. The number of aromatic nitrogens is 2. The smallest absolute Gasteiger partial charge is 0.399 e. The van der Waals surface area contributed by atoms with Gasteiger partial charge in [0.2, 0.25) is 0 Å². The lowest BCUT2D eigenvalue weighted by atomic mass is 9.81. The minimum absolute atomic E-state index is 0.383. The molecule has 0 aromatic carbocycles. The summed E-state index contributed by atoms with van der Waals surface area (Å²) in [5.74, 6) is 0.635. The first-order valence-corrected chi connectivity index (χ1v) is 5.95. The van der Waals surface area contributed by atoms with Crippen LogP contribution in [0.5, 0.6) is 0 Å². The zero-order valence-corrected chi connectivity index (χ0v) is 11.5. The maximum Gasteiger partial charge on any atom is 0.499 e. The van der Waals surface area contributed by atoms with Gasteiger partial charge in [0.05, 0.1) is 11.2 Å². The second kappa shape index (κ2) is 3.94. The highest BCUT2D eigenvalue weighted by Gasteiger charge is 2.52. The van der Waals surface area contributed by atoms with Gasteiger partial charge in [-0.15, -0.1) is 0 Å². The van der Waals surface area contributed by atoms with Crippen LogP contribution in [0.15, 0.2) is 6.20 Å². The van der Waals surface area contributed by atoms with Crippen LogP contribution in [0.3, 0.4) is 0 Å². The first-order valence-electron chi connectivity index (χ1n) is 5.58. The van der Waals surface area contributed by atoms with E-state index in [0.29, 0.717) is 16.4 Å². The number of hydrogen-bond donors (Lipinski definition) is 0. The van der Waals surface area contributed by atoms with Crippen molar-refractivity contribution >= 4 is 24.2 Å². The van der Waals surface area contributed by atoms with E-state index in [2.05, 4.69) is 9.97 Å². The number of aryl methyl sites for hydroxylation is 1. The molecule has 2 rings (SSSR count). The zero-order valence-electron chi connectivity index (χ0n) is 10.7. The van der Waals surface area contributed by atoms with E-state index in [0.717, 1.165) is 0 Å². The van der Waals surface area contributed by atoms with Crippen LogP contribution >= 0.6 is 11.6 Å². The fraction of sp³-hybridized carbons (Fsp3) is 0.636. The summed E-state index contributed by atoms with van der Waals surface area (Å²) in [6, 6.07) is 0. The molecule has 17 heavy (non-hydrogen) atoms. The molecule has 2 heterocycles. The van der Waals surface area contributed by atoms with Crippen LogP contribution in [-0.4, -0.2) is 28.3 Å². The molecule has 0 atom stereocenters. The molecule has 6 heteroatoms. The Hall–Kier alpha value is -0.645. The SMILES string of the molecule is Cc1ncc(B2OC(C)(C)C(C)(C)O2)c(Cl)n1. The Morgan fingerprint density at radius 2 is 1.71 bits per heavy atom. The molecule has 0 N–H and O–H groups in total. The highest BCUT2D eigenvalue weighted by atomic mass is 35.5. The summed E-state index contributed by atoms with van der Waals surface area (Å²) in [4.78, 5) is 8.23. The van der Waals surface area contributed by atoms with Crippen LogP contribution in [0, 0.1) is 6.92 Å². The highest BCUT2D eigenvalue weighted by molar-refractivity contribution is 6.65. The Morgan fingerprint density at radius 3 is 2.18 bits per heavy atom. The Labute approximate surface area is 107 Å². The molecule has 0 unspecified atom stereocenters. The summed E-state index contributed by atoms with van der Waals surface area (Å²) in [5.41, 5.74) is -0.0893. The molecule has 92 valence electrons. The molecule has 1 aromatic heterocycles. The van der Waals surface area contributed by atoms with Crippen LogP contribution in [0.25, 0.3) is 0 Å². The average Bonchev–Trinajstić information content (AvgIpc) is 2.35. The minimum Gasteiger partial charge on any atom is -0.399 e. The second-order valence-electron chi connectivity index (χ2n) is 5.25. The number of rotatable bonds is 1. The first-order chi connectivity index (χ1) is 7.73. The van der Waals surface area contributed by atoms with Gasteiger partial charge >= 0.3 is 7.12 Å². The van der Waals surface area contributed by atoms with Crippen molar-refractivity contribution in [3.63, 3.8) is 0 Å². The first kappa shape index (κ1) is 12.8. The molecule has 1 saturated heterocycles. The van der Waals surface area contributed by atoms with Gasteiger partial charge < -0.3 is 9.31 Å². The molecule has 4 nitrogen and oxygen atoms in total. The third kappa shape index (κ3) is 2.19. The van der Waals surface area contributed by atoms with Crippen LogP contribution in [0.2, 0.25) is 5.15 Å². The van der Waals surface area contributed by atoms with Crippen molar-refractivity contribution in [1.82, 2.24) is 9.97 Å². The van der Waals surface area contributed by atoms with Gasteiger partial charge in [0.1, 0.15) is 11.0 Å². The molecule has 1 aromatic rings. The van der Waals surface area contributed by atoms with Gasteiger partial charge in [-0.05, 0) is 34.6 Å². The van der Waals surface area contributed by atoms with Crippen LogP contribution in [-0.2, 0) is 9.31 Å². The van der Waals surface area contributed by atoms with E-state index in [1.54, 1.807) is 13.1 Å². The normalized spacial score (nSPS) is 21.9. The van der Waals surface area contributed by atoms with Crippen molar-refractivity contribution in [2.24, 2.45) is 0 Å². The number of nitrogens with zero attached hydrogens (tertiary/aromatic N) is 2. The lowest BCUT2D eigenvalue weighted by Crippen LogP contribution is -2.41. The van der Waals surface area contributed by atoms with Crippen molar-refractivity contribution in [1.29, 1.82) is 0 Å². The van der Waals surface area contributed by atoms with E-state index in [1.807, 2.05) is 27.7 Å². The van der Waals surface area contributed by atoms with Gasteiger partial charge in [-0.2, -0.15) is 0 Å². The summed E-state index contributed by atoms with van der Waals surface area (Å²) in [5, 5.41) is 0.385. The van der Waals surface area contributed by atoms with Crippen LogP contribution in [0.4, 0.5) is 0 Å². The molecule has 1 aliphatic rings. The molecule has 0 bridgehead atoms. The van der Waals surface area contributed by atoms with Gasteiger partial charge in [-0.1, -0.05) is 11.6 Å². The van der Waals surface area contributed by atoms with Crippen molar-refractivity contribution < 1.29 is 9.31 Å². The molecular formula is C11H16BClN2O2. The molecule has 0 aliphatic carbocycles. The molecule has 1 aliphatic heterocycles. The van der Waals surface area contributed by atoms with Crippen molar-refractivity contribution in [2.75, 3.05) is 0 Å². The third-order valence-electron chi connectivity index (χ3n) is 3.40. The Morgan fingerprint density at radius 1 is 1.18 bits per heavy atom. The summed E-state index contributed by atoms with van der Waals surface area (Å²) in [6.45, 7) is 9.78.